The first-order chi connectivity index (χ1) is 15.5. The van der Waals surface area contributed by atoms with Crippen molar-refractivity contribution in [3.63, 3.8) is 0 Å². The van der Waals surface area contributed by atoms with Gasteiger partial charge in [0.1, 0.15) is 5.75 Å². The average molecular weight is 438 g/mol. The van der Waals surface area contributed by atoms with Crippen LogP contribution in [0.25, 0.3) is 10.8 Å². The van der Waals surface area contributed by atoms with E-state index in [9.17, 15) is 18.4 Å². The molecule has 1 fully saturated rings. The Bertz CT molecular complexity index is 1150. The molecule has 1 aliphatic rings. The highest BCUT2D eigenvalue weighted by atomic mass is 19.3. The highest BCUT2D eigenvalue weighted by molar-refractivity contribution is 6.08. The zero-order valence-corrected chi connectivity index (χ0v) is 17.7. The first-order valence-corrected chi connectivity index (χ1v) is 10.5. The summed E-state index contributed by atoms with van der Waals surface area (Å²) in [5.41, 5.74) is 0.749. The first-order valence-electron chi connectivity index (χ1n) is 10.5. The Labute approximate surface area is 185 Å². The van der Waals surface area contributed by atoms with Crippen molar-refractivity contribution < 1.29 is 23.1 Å². The number of alkyl halides is 2. The number of nitrogens with one attached hydrogen (secondary N) is 1. The number of ether oxygens (including phenoxy) is 1. The fourth-order valence-corrected chi connectivity index (χ4v) is 4.18. The van der Waals surface area contributed by atoms with E-state index >= 15 is 0 Å². The van der Waals surface area contributed by atoms with Gasteiger partial charge >= 0.3 is 0 Å². The van der Waals surface area contributed by atoms with E-state index in [0.29, 0.717) is 36.4 Å². The van der Waals surface area contributed by atoms with Crippen molar-refractivity contribution in [1.82, 2.24) is 4.90 Å². The van der Waals surface area contributed by atoms with Gasteiger partial charge in [-0.1, -0.05) is 36.4 Å². The molecule has 0 radical (unpaired) electrons. The van der Waals surface area contributed by atoms with Gasteiger partial charge in [-0.2, -0.15) is 0 Å². The van der Waals surface area contributed by atoms with Crippen LogP contribution in [0.2, 0.25) is 0 Å². The van der Waals surface area contributed by atoms with E-state index in [-0.39, 0.29) is 23.9 Å². The van der Waals surface area contributed by atoms with Crippen molar-refractivity contribution in [2.75, 3.05) is 25.5 Å². The lowest BCUT2D eigenvalue weighted by Crippen LogP contribution is -2.43. The smallest absolute Gasteiger partial charge is 0.263 e. The summed E-state index contributed by atoms with van der Waals surface area (Å²) in [6.07, 6.45) is -1.28. The SMILES string of the molecule is COc1ccc(C(=O)N2CCCC(C(=O)Nc3cccc(C(F)F)c3)C2)c2ccccc12. The number of carbonyl (C=O) groups is 2. The van der Waals surface area contributed by atoms with Crippen molar-refractivity contribution in [3.8, 4) is 5.75 Å². The van der Waals surface area contributed by atoms with Gasteiger partial charge in [0.25, 0.3) is 12.3 Å². The summed E-state index contributed by atoms with van der Waals surface area (Å²) >= 11 is 0. The molecule has 0 aromatic heterocycles. The Morgan fingerprint density at radius 2 is 1.84 bits per heavy atom. The molecule has 5 nitrogen and oxygen atoms in total. The van der Waals surface area contributed by atoms with Gasteiger partial charge < -0.3 is 15.0 Å². The second-order valence-corrected chi connectivity index (χ2v) is 7.87. The largest absolute Gasteiger partial charge is 0.496 e. The summed E-state index contributed by atoms with van der Waals surface area (Å²) in [5, 5.41) is 4.38. The molecule has 32 heavy (non-hydrogen) atoms. The zero-order chi connectivity index (χ0) is 22.7. The Balaban J connectivity index is 1.51. The number of methoxy groups -OCH3 is 1. The quantitative estimate of drug-likeness (QED) is 0.590. The number of nitrogens with zero attached hydrogens (tertiary/aromatic N) is 1. The van der Waals surface area contributed by atoms with Crippen molar-refractivity contribution >= 4 is 28.3 Å². The Kier molecular flexibility index (Phi) is 6.35. The van der Waals surface area contributed by atoms with Gasteiger partial charge in [-0.05, 0) is 42.5 Å². The van der Waals surface area contributed by atoms with Crippen LogP contribution < -0.4 is 10.1 Å². The second kappa shape index (κ2) is 9.34. The summed E-state index contributed by atoms with van der Waals surface area (Å²) in [6.45, 7) is 0.837. The molecule has 1 unspecified atom stereocenters. The molecule has 3 aromatic rings. The van der Waals surface area contributed by atoms with Crippen LogP contribution in [0.5, 0.6) is 5.75 Å². The van der Waals surface area contributed by atoms with Crippen molar-refractivity contribution in [2.24, 2.45) is 5.92 Å². The minimum atomic E-state index is -2.60. The number of likely N-dealkylation sites (tertiary alicyclic amines) is 1. The highest BCUT2D eigenvalue weighted by Gasteiger charge is 2.30. The number of hydrogen-bond donors (Lipinski definition) is 1. The summed E-state index contributed by atoms with van der Waals surface area (Å²) in [4.78, 5) is 27.8. The van der Waals surface area contributed by atoms with Gasteiger partial charge in [-0.3, -0.25) is 9.59 Å². The van der Waals surface area contributed by atoms with Gasteiger partial charge in [0, 0.05) is 35.3 Å². The molecule has 0 spiro atoms. The van der Waals surface area contributed by atoms with Crippen LogP contribution in [0.4, 0.5) is 14.5 Å². The first kappa shape index (κ1) is 21.7. The maximum atomic E-state index is 13.3. The van der Waals surface area contributed by atoms with Crippen LogP contribution in [-0.2, 0) is 4.79 Å². The third-order valence-corrected chi connectivity index (χ3v) is 5.82. The van der Waals surface area contributed by atoms with Crippen LogP contribution in [0.3, 0.4) is 0 Å². The Hall–Kier alpha value is -3.48. The molecule has 4 rings (SSSR count). The minimum absolute atomic E-state index is 0.138. The number of fused-ring (bicyclic) bond motifs is 1. The number of anilines is 1. The van der Waals surface area contributed by atoms with Crippen LogP contribution in [-0.4, -0.2) is 36.9 Å². The molecular formula is C25H24F2N2O3. The summed E-state index contributed by atoms with van der Waals surface area (Å²) in [6, 6.07) is 16.8. The summed E-state index contributed by atoms with van der Waals surface area (Å²) in [5.74, 6) is -0.124. The third-order valence-electron chi connectivity index (χ3n) is 5.82. The van der Waals surface area contributed by atoms with E-state index in [1.807, 2.05) is 24.3 Å². The van der Waals surface area contributed by atoms with Gasteiger partial charge in [-0.25, -0.2) is 8.78 Å². The highest BCUT2D eigenvalue weighted by Crippen LogP contribution is 2.30. The normalized spacial score (nSPS) is 16.2. The molecule has 3 aromatic carbocycles. The number of rotatable bonds is 5. The molecule has 1 atom stereocenters. The lowest BCUT2D eigenvalue weighted by atomic mass is 9.95. The molecule has 0 aliphatic carbocycles. The van der Waals surface area contributed by atoms with Gasteiger partial charge in [0.2, 0.25) is 5.91 Å². The molecule has 2 amide bonds. The van der Waals surface area contributed by atoms with E-state index in [4.69, 9.17) is 4.74 Å². The van der Waals surface area contributed by atoms with Gasteiger partial charge in [0.05, 0.1) is 13.0 Å². The van der Waals surface area contributed by atoms with Crippen LogP contribution in [0.1, 0.15) is 35.2 Å². The Morgan fingerprint density at radius 1 is 1.06 bits per heavy atom. The van der Waals surface area contributed by atoms with E-state index in [0.717, 1.165) is 10.8 Å². The molecule has 0 bridgehead atoms. The number of halogens is 2. The third kappa shape index (κ3) is 4.42. The monoisotopic (exact) mass is 438 g/mol. The molecule has 1 aliphatic heterocycles. The Morgan fingerprint density at radius 3 is 2.59 bits per heavy atom. The van der Waals surface area contributed by atoms with E-state index in [1.165, 1.54) is 18.2 Å². The van der Waals surface area contributed by atoms with Gasteiger partial charge in [-0.15, -0.1) is 0 Å². The lowest BCUT2D eigenvalue weighted by Gasteiger charge is -2.32. The molecule has 1 heterocycles. The fourth-order valence-electron chi connectivity index (χ4n) is 4.18. The maximum Gasteiger partial charge on any atom is 0.263 e. The summed E-state index contributed by atoms with van der Waals surface area (Å²) < 4.78 is 31.3. The van der Waals surface area contributed by atoms with Crippen LogP contribution in [0.15, 0.2) is 60.7 Å². The van der Waals surface area contributed by atoms with E-state index in [2.05, 4.69) is 5.32 Å². The van der Waals surface area contributed by atoms with Crippen molar-refractivity contribution in [1.29, 1.82) is 0 Å². The van der Waals surface area contributed by atoms with Crippen molar-refractivity contribution in [3.05, 3.63) is 71.8 Å². The van der Waals surface area contributed by atoms with E-state index < -0.39 is 12.3 Å². The van der Waals surface area contributed by atoms with Crippen LogP contribution >= 0.6 is 0 Å². The predicted molar refractivity (Wildman–Crippen MR) is 119 cm³/mol. The second-order valence-electron chi connectivity index (χ2n) is 7.87. The fraction of sp³-hybridized carbons (Fsp3) is 0.280. The number of carbonyl (C=O) groups excluding carboxylic acids is 2. The average Bonchev–Trinajstić information content (AvgIpc) is 2.83. The molecule has 0 saturated carbocycles. The van der Waals surface area contributed by atoms with E-state index in [1.54, 1.807) is 30.2 Å². The van der Waals surface area contributed by atoms with Crippen LogP contribution in [0, 0.1) is 5.92 Å². The molecular weight excluding hydrogens is 414 g/mol. The lowest BCUT2D eigenvalue weighted by molar-refractivity contribution is -0.121. The number of hydrogen-bond acceptors (Lipinski definition) is 3. The van der Waals surface area contributed by atoms with Gasteiger partial charge in [0.15, 0.2) is 0 Å². The topological polar surface area (TPSA) is 58.6 Å². The molecule has 1 saturated heterocycles. The molecule has 166 valence electrons. The summed E-state index contributed by atoms with van der Waals surface area (Å²) in [7, 11) is 1.59. The number of benzene rings is 3. The van der Waals surface area contributed by atoms with Crippen molar-refractivity contribution in [2.45, 2.75) is 19.3 Å². The number of amides is 2. The maximum absolute atomic E-state index is 13.3. The number of piperidine rings is 1. The minimum Gasteiger partial charge on any atom is -0.496 e. The standard InChI is InChI=1S/C25H24F2N2O3/c1-32-22-12-11-21(19-9-2-3-10-20(19)22)25(31)29-13-5-7-17(15-29)24(30)28-18-8-4-6-16(14-18)23(26)27/h2-4,6,8-12,14,17,23H,5,7,13,15H2,1H3,(H,28,30). The zero-order valence-electron chi connectivity index (χ0n) is 17.7. The predicted octanol–water partition coefficient (Wildman–Crippen LogP) is 5.28. The molecule has 7 heteroatoms. The molecule has 1 N–H and O–H groups in total.